The third kappa shape index (κ3) is 4.39. The molecule has 7 nitrogen and oxygen atoms in total. The Balaban J connectivity index is 1.56. The fraction of sp³-hybridized carbons (Fsp3) is 0.182. The van der Waals surface area contributed by atoms with Crippen molar-refractivity contribution in [2.45, 2.75) is 24.1 Å². The monoisotopic (exact) mass is 471 g/mol. The molecule has 32 heavy (non-hydrogen) atoms. The van der Waals surface area contributed by atoms with Crippen LogP contribution in [0.15, 0.2) is 53.9 Å². The normalized spacial score (nSPS) is 12.0. The van der Waals surface area contributed by atoms with Crippen molar-refractivity contribution in [3.8, 4) is 11.4 Å². The molecule has 1 atom stereocenters. The summed E-state index contributed by atoms with van der Waals surface area (Å²) in [4.78, 5) is 21.5. The van der Waals surface area contributed by atoms with Crippen LogP contribution >= 0.6 is 23.4 Å². The van der Waals surface area contributed by atoms with Gasteiger partial charge in [0.05, 0.1) is 35.3 Å². The predicted octanol–water partition coefficient (Wildman–Crippen LogP) is 5.04. The molecule has 4 rings (SSSR count). The van der Waals surface area contributed by atoms with Crippen LogP contribution in [-0.4, -0.2) is 38.0 Å². The molecule has 0 spiro atoms. The van der Waals surface area contributed by atoms with E-state index in [0.717, 1.165) is 5.56 Å². The number of hydrogen-bond donors (Lipinski definition) is 1. The van der Waals surface area contributed by atoms with E-state index in [9.17, 15) is 9.18 Å². The zero-order chi connectivity index (χ0) is 22.8. The van der Waals surface area contributed by atoms with Gasteiger partial charge in [0.15, 0.2) is 5.65 Å². The second kappa shape index (κ2) is 9.13. The number of amides is 1. The van der Waals surface area contributed by atoms with Gasteiger partial charge in [-0.1, -0.05) is 23.4 Å². The van der Waals surface area contributed by atoms with Crippen molar-refractivity contribution in [3.63, 3.8) is 0 Å². The Morgan fingerprint density at radius 2 is 2.00 bits per heavy atom. The molecule has 0 saturated carbocycles. The topological polar surface area (TPSA) is 81.9 Å². The van der Waals surface area contributed by atoms with Crippen LogP contribution < -0.4 is 10.1 Å². The highest BCUT2D eigenvalue weighted by Crippen LogP contribution is 2.33. The number of nitrogens with one attached hydrogen (secondary N) is 1. The molecule has 0 radical (unpaired) electrons. The Kier molecular flexibility index (Phi) is 6.29. The summed E-state index contributed by atoms with van der Waals surface area (Å²) in [5.74, 6) is -0.0627. The van der Waals surface area contributed by atoms with Crippen molar-refractivity contribution < 1.29 is 13.9 Å². The van der Waals surface area contributed by atoms with Crippen molar-refractivity contribution in [1.82, 2.24) is 19.7 Å². The molecule has 0 aliphatic rings. The second-order valence-corrected chi connectivity index (χ2v) is 8.74. The molecule has 1 amide bonds. The lowest BCUT2D eigenvalue weighted by Gasteiger charge is -2.15. The molecule has 0 aliphatic carbocycles. The molecular formula is C22H19ClFN5O2S. The SMILES string of the molecule is COc1cc(Cl)c(C)cc1NC(=O)C(C)Sc1ncnc2c1cnn2-c1ccc(F)cc1. The number of halogens is 2. The van der Waals surface area contributed by atoms with Crippen LogP contribution in [0.3, 0.4) is 0 Å². The van der Waals surface area contributed by atoms with E-state index in [1.807, 2.05) is 6.92 Å². The molecule has 0 fully saturated rings. The molecular weight excluding hydrogens is 453 g/mol. The number of hydrogen-bond acceptors (Lipinski definition) is 6. The molecule has 10 heteroatoms. The highest BCUT2D eigenvalue weighted by atomic mass is 35.5. The van der Waals surface area contributed by atoms with Gasteiger partial charge in [-0.3, -0.25) is 4.79 Å². The molecule has 1 N–H and O–H groups in total. The quantitative estimate of drug-likeness (QED) is 0.313. The van der Waals surface area contributed by atoms with Gasteiger partial charge in [0.1, 0.15) is 22.9 Å². The zero-order valence-electron chi connectivity index (χ0n) is 17.5. The van der Waals surface area contributed by atoms with Crippen molar-refractivity contribution in [2.24, 2.45) is 0 Å². The Hall–Kier alpha value is -3.17. The number of carbonyl (C=O) groups is 1. The van der Waals surface area contributed by atoms with E-state index in [1.165, 1.54) is 37.3 Å². The minimum absolute atomic E-state index is 0.215. The first-order chi connectivity index (χ1) is 15.4. The largest absolute Gasteiger partial charge is 0.495 e. The van der Waals surface area contributed by atoms with Crippen LogP contribution in [0, 0.1) is 12.7 Å². The second-order valence-electron chi connectivity index (χ2n) is 7.00. The van der Waals surface area contributed by atoms with Crippen LogP contribution in [-0.2, 0) is 4.79 Å². The maximum atomic E-state index is 13.3. The molecule has 2 aromatic carbocycles. The average Bonchev–Trinajstić information content (AvgIpc) is 3.21. The van der Waals surface area contributed by atoms with Crippen molar-refractivity contribution >= 4 is 46.0 Å². The fourth-order valence-electron chi connectivity index (χ4n) is 3.07. The average molecular weight is 472 g/mol. The van der Waals surface area contributed by atoms with Crippen LogP contribution in [0.2, 0.25) is 5.02 Å². The number of aromatic nitrogens is 4. The number of aryl methyl sites for hydroxylation is 1. The van der Waals surface area contributed by atoms with Gasteiger partial charge >= 0.3 is 0 Å². The molecule has 4 aromatic rings. The van der Waals surface area contributed by atoms with Gasteiger partial charge < -0.3 is 10.1 Å². The van der Waals surface area contributed by atoms with E-state index in [4.69, 9.17) is 16.3 Å². The number of nitrogens with zero attached hydrogens (tertiary/aromatic N) is 4. The number of benzene rings is 2. The van der Waals surface area contributed by atoms with Crippen LogP contribution in [0.25, 0.3) is 16.7 Å². The standard InChI is InChI=1S/C22H19ClFN5O2S/c1-12-8-18(19(31-3)9-17(12)23)28-21(30)13(2)32-22-16-10-27-29(20(16)25-11-26-22)15-6-4-14(24)5-7-15/h4-11,13H,1-3H3,(H,28,30). The van der Waals surface area contributed by atoms with Gasteiger partial charge in [0.25, 0.3) is 0 Å². The van der Waals surface area contributed by atoms with Crippen LogP contribution in [0.4, 0.5) is 10.1 Å². The molecule has 2 aromatic heterocycles. The number of ether oxygens (including phenoxy) is 1. The molecule has 0 aliphatic heterocycles. The molecule has 1 unspecified atom stereocenters. The third-order valence-electron chi connectivity index (χ3n) is 4.80. The lowest BCUT2D eigenvalue weighted by Crippen LogP contribution is -2.23. The highest BCUT2D eigenvalue weighted by Gasteiger charge is 2.20. The summed E-state index contributed by atoms with van der Waals surface area (Å²) in [6, 6.07) is 9.40. The third-order valence-corrected chi connectivity index (χ3v) is 6.32. The van der Waals surface area contributed by atoms with Crippen molar-refractivity contribution in [1.29, 1.82) is 0 Å². The fourth-order valence-corrected chi connectivity index (χ4v) is 4.11. The predicted molar refractivity (Wildman–Crippen MR) is 123 cm³/mol. The molecule has 0 bridgehead atoms. The summed E-state index contributed by atoms with van der Waals surface area (Å²) < 4.78 is 20.2. The first-order valence-electron chi connectivity index (χ1n) is 9.63. The summed E-state index contributed by atoms with van der Waals surface area (Å²) in [7, 11) is 1.52. The minimum Gasteiger partial charge on any atom is -0.495 e. The smallest absolute Gasteiger partial charge is 0.237 e. The summed E-state index contributed by atoms with van der Waals surface area (Å²) in [5, 5.41) is 8.66. The Morgan fingerprint density at radius 1 is 1.25 bits per heavy atom. The first-order valence-corrected chi connectivity index (χ1v) is 10.9. The van der Waals surface area contributed by atoms with Crippen molar-refractivity contribution in [3.05, 3.63) is 65.3 Å². The van der Waals surface area contributed by atoms with Gasteiger partial charge in [-0.25, -0.2) is 19.0 Å². The maximum absolute atomic E-state index is 13.3. The summed E-state index contributed by atoms with van der Waals surface area (Å²) in [6.07, 6.45) is 3.06. The van der Waals surface area contributed by atoms with Gasteiger partial charge in [-0.15, -0.1) is 0 Å². The van der Waals surface area contributed by atoms with E-state index in [-0.39, 0.29) is 11.7 Å². The minimum atomic E-state index is -0.469. The molecule has 0 saturated heterocycles. The number of methoxy groups -OCH3 is 1. The van der Waals surface area contributed by atoms with Crippen molar-refractivity contribution in [2.75, 3.05) is 12.4 Å². The van der Waals surface area contributed by atoms with E-state index in [2.05, 4.69) is 20.4 Å². The van der Waals surface area contributed by atoms with E-state index >= 15 is 0 Å². The summed E-state index contributed by atoms with van der Waals surface area (Å²) in [6.45, 7) is 3.64. The molecule has 2 heterocycles. The number of anilines is 1. The van der Waals surface area contributed by atoms with E-state index in [0.29, 0.717) is 38.2 Å². The van der Waals surface area contributed by atoms with Crippen LogP contribution in [0.1, 0.15) is 12.5 Å². The summed E-state index contributed by atoms with van der Waals surface area (Å²) >= 11 is 7.43. The number of thioether (sulfide) groups is 1. The number of carbonyl (C=O) groups excluding carboxylic acids is 1. The lowest BCUT2D eigenvalue weighted by atomic mass is 10.2. The number of fused-ring (bicyclic) bond motifs is 1. The highest BCUT2D eigenvalue weighted by molar-refractivity contribution is 8.00. The first kappa shape index (κ1) is 22.0. The zero-order valence-corrected chi connectivity index (χ0v) is 19.0. The Morgan fingerprint density at radius 3 is 2.72 bits per heavy atom. The number of rotatable bonds is 6. The van der Waals surface area contributed by atoms with E-state index < -0.39 is 5.25 Å². The van der Waals surface area contributed by atoms with Gasteiger partial charge in [0.2, 0.25) is 5.91 Å². The summed E-state index contributed by atoms with van der Waals surface area (Å²) in [5.41, 5.74) is 2.61. The van der Waals surface area contributed by atoms with Crippen LogP contribution in [0.5, 0.6) is 5.75 Å². The van der Waals surface area contributed by atoms with Gasteiger partial charge in [-0.2, -0.15) is 5.10 Å². The Labute approximate surface area is 193 Å². The van der Waals surface area contributed by atoms with Gasteiger partial charge in [-0.05, 0) is 49.7 Å². The maximum Gasteiger partial charge on any atom is 0.237 e. The van der Waals surface area contributed by atoms with E-state index in [1.54, 1.807) is 42.1 Å². The lowest BCUT2D eigenvalue weighted by molar-refractivity contribution is -0.115. The Bertz CT molecular complexity index is 1300. The van der Waals surface area contributed by atoms with Gasteiger partial charge in [0, 0.05) is 11.1 Å². The molecule has 164 valence electrons.